The van der Waals surface area contributed by atoms with Gasteiger partial charge in [0.2, 0.25) is 5.78 Å². The van der Waals surface area contributed by atoms with Crippen molar-refractivity contribution in [2.24, 2.45) is 0 Å². The van der Waals surface area contributed by atoms with E-state index in [9.17, 15) is 14.7 Å². The average molecular weight is 334 g/mol. The van der Waals surface area contributed by atoms with Gasteiger partial charge in [-0.2, -0.15) is 0 Å². The molecule has 0 bridgehead atoms. The first-order valence-corrected chi connectivity index (χ1v) is 8.49. The lowest BCUT2D eigenvalue weighted by molar-refractivity contribution is -0.914. The van der Waals surface area contributed by atoms with Gasteiger partial charge < -0.3 is 5.11 Å². The topological polar surface area (TPSA) is 54.4 Å². The van der Waals surface area contributed by atoms with Crippen molar-refractivity contribution in [3.8, 4) is 0 Å². The normalized spacial score (nSPS) is 25.6. The Morgan fingerprint density at radius 1 is 1.04 bits per heavy atom. The van der Waals surface area contributed by atoms with E-state index in [1.807, 2.05) is 61.5 Å². The monoisotopic (exact) mass is 334 g/mol. The molecule has 0 radical (unpaired) electrons. The minimum atomic E-state index is -0.510. The molecule has 0 saturated carbocycles. The number of quaternary nitrogens is 1. The van der Waals surface area contributed by atoms with Crippen LogP contribution in [-0.2, 0) is 16.1 Å². The third-order valence-electron chi connectivity index (χ3n) is 5.32. The van der Waals surface area contributed by atoms with E-state index in [2.05, 4.69) is 0 Å². The van der Waals surface area contributed by atoms with Crippen molar-refractivity contribution in [2.75, 3.05) is 6.54 Å². The zero-order valence-electron chi connectivity index (χ0n) is 14.1. The van der Waals surface area contributed by atoms with Gasteiger partial charge in [-0.3, -0.25) is 9.59 Å². The predicted molar refractivity (Wildman–Crippen MR) is 94.4 cm³/mol. The van der Waals surface area contributed by atoms with Gasteiger partial charge in [-0.1, -0.05) is 60.2 Å². The third-order valence-corrected chi connectivity index (χ3v) is 5.32. The Kier molecular flexibility index (Phi) is 3.58. The van der Waals surface area contributed by atoms with E-state index in [0.29, 0.717) is 17.7 Å². The molecular formula is C21H20NO3+. The van der Waals surface area contributed by atoms with Crippen LogP contribution >= 0.6 is 0 Å². The number of carbonyl (C=O) groups excluding carboxylic acids is 2. The van der Waals surface area contributed by atoms with Gasteiger partial charge >= 0.3 is 5.88 Å². The molecule has 2 aromatic rings. The number of aliphatic hydroxyl groups excluding tert-OH is 1. The number of benzene rings is 2. The number of aryl methyl sites for hydroxylation is 1. The maximum absolute atomic E-state index is 13.0. The zero-order valence-corrected chi connectivity index (χ0v) is 14.1. The van der Waals surface area contributed by atoms with Crippen LogP contribution in [0.4, 0.5) is 0 Å². The summed E-state index contributed by atoms with van der Waals surface area (Å²) >= 11 is 0. The quantitative estimate of drug-likeness (QED) is 0.877. The van der Waals surface area contributed by atoms with Crippen LogP contribution in [0.15, 0.2) is 60.5 Å². The molecule has 126 valence electrons. The van der Waals surface area contributed by atoms with Gasteiger partial charge in [0, 0.05) is 5.56 Å². The third kappa shape index (κ3) is 2.41. The fourth-order valence-corrected chi connectivity index (χ4v) is 4.06. The largest absolute Gasteiger partial charge is 0.467 e. The second-order valence-corrected chi connectivity index (χ2v) is 7.02. The molecule has 2 aromatic carbocycles. The number of hydrogen-bond donors (Lipinski definition) is 1. The highest BCUT2D eigenvalue weighted by Crippen LogP contribution is 2.44. The summed E-state index contributed by atoms with van der Waals surface area (Å²) in [4.78, 5) is 25.1. The Bertz CT molecular complexity index is 883. The van der Waals surface area contributed by atoms with Gasteiger partial charge in [0.15, 0.2) is 11.8 Å². The number of ketones is 2. The Morgan fingerprint density at radius 2 is 1.72 bits per heavy atom. The fraction of sp³-hybridized carbons (Fsp3) is 0.238. The van der Waals surface area contributed by atoms with Gasteiger partial charge in [0.25, 0.3) is 0 Å². The van der Waals surface area contributed by atoms with Gasteiger partial charge in [0.1, 0.15) is 18.7 Å². The van der Waals surface area contributed by atoms with E-state index in [1.165, 1.54) is 0 Å². The summed E-state index contributed by atoms with van der Waals surface area (Å²) in [7, 11) is 0. The molecular weight excluding hydrogens is 314 g/mol. The Morgan fingerprint density at radius 3 is 2.40 bits per heavy atom. The average Bonchev–Trinajstić information content (AvgIpc) is 3.03. The molecule has 4 heteroatoms. The molecule has 0 amide bonds. The minimum absolute atomic E-state index is 0.0316. The van der Waals surface area contributed by atoms with Crippen molar-refractivity contribution in [3.05, 3.63) is 77.2 Å². The number of hydrogen-bond acceptors (Lipinski definition) is 3. The van der Waals surface area contributed by atoms with Crippen LogP contribution < -0.4 is 0 Å². The van der Waals surface area contributed by atoms with E-state index < -0.39 is 6.04 Å². The van der Waals surface area contributed by atoms with Crippen LogP contribution in [0.5, 0.6) is 0 Å². The zero-order chi connectivity index (χ0) is 17.6. The molecule has 2 heterocycles. The first-order chi connectivity index (χ1) is 12.0. The van der Waals surface area contributed by atoms with Crippen LogP contribution in [0.1, 0.15) is 23.1 Å². The summed E-state index contributed by atoms with van der Waals surface area (Å²) in [6.45, 7) is 2.64. The van der Waals surface area contributed by atoms with Gasteiger partial charge in [-0.05, 0) is 12.5 Å². The van der Waals surface area contributed by atoms with Crippen LogP contribution in [0, 0.1) is 6.92 Å². The SMILES string of the molecule is Cc1ccc(C[N@@+]23CC(=O)C[C@@H]2C(=O)C(c2ccccc2)=C3O)cc1. The van der Waals surface area contributed by atoms with E-state index in [1.54, 1.807) is 0 Å². The summed E-state index contributed by atoms with van der Waals surface area (Å²) in [6, 6.07) is 16.7. The molecule has 25 heavy (non-hydrogen) atoms. The summed E-state index contributed by atoms with van der Waals surface area (Å²) in [5, 5.41) is 11.0. The Balaban J connectivity index is 1.82. The van der Waals surface area contributed by atoms with Crippen LogP contribution in [0.25, 0.3) is 5.57 Å². The van der Waals surface area contributed by atoms with E-state index in [0.717, 1.165) is 11.1 Å². The summed E-state index contributed by atoms with van der Waals surface area (Å²) < 4.78 is 0.0327. The Hall–Kier alpha value is -2.72. The van der Waals surface area contributed by atoms with Crippen molar-refractivity contribution in [2.45, 2.75) is 25.9 Å². The van der Waals surface area contributed by atoms with E-state index in [4.69, 9.17) is 0 Å². The fourth-order valence-electron chi connectivity index (χ4n) is 4.06. The van der Waals surface area contributed by atoms with E-state index >= 15 is 0 Å². The summed E-state index contributed by atoms with van der Waals surface area (Å²) in [6.07, 6.45) is 0.199. The highest BCUT2D eigenvalue weighted by molar-refractivity contribution is 6.25. The predicted octanol–water partition coefficient (Wildman–Crippen LogP) is 3.16. The smallest absolute Gasteiger partial charge is 0.302 e. The second kappa shape index (κ2) is 5.67. The first kappa shape index (κ1) is 15.8. The molecule has 0 unspecified atom stereocenters. The van der Waals surface area contributed by atoms with Gasteiger partial charge in [0.05, 0.1) is 6.42 Å². The molecule has 2 aliphatic heterocycles. The molecule has 2 aliphatic rings. The van der Waals surface area contributed by atoms with Crippen LogP contribution in [-0.4, -0.2) is 33.7 Å². The second-order valence-electron chi connectivity index (χ2n) is 7.02. The maximum Gasteiger partial charge on any atom is 0.302 e. The summed E-state index contributed by atoms with van der Waals surface area (Å²) in [5.41, 5.74) is 3.25. The molecule has 0 aliphatic carbocycles. The van der Waals surface area contributed by atoms with Crippen molar-refractivity contribution in [3.63, 3.8) is 0 Å². The molecule has 1 N–H and O–H groups in total. The first-order valence-electron chi connectivity index (χ1n) is 8.49. The lowest BCUT2D eigenvalue weighted by Gasteiger charge is -2.32. The number of nitrogens with zero attached hydrogens (tertiary/aromatic N) is 1. The maximum atomic E-state index is 13.0. The lowest BCUT2D eigenvalue weighted by atomic mass is 9.99. The molecule has 1 fully saturated rings. The van der Waals surface area contributed by atoms with E-state index in [-0.39, 0.29) is 34.9 Å². The number of Topliss-reactive ketones (excluding diaryl/α,β-unsaturated/α-hetero) is 2. The Labute approximate surface area is 146 Å². The number of fused-ring (bicyclic) bond motifs is 1. The van der Waals surface area contributed by atoms with Crippen LogP contribution in [0.3, 0.4) is 0 Å². The molecule has 0 spiro atoms. The standard InChI is InChI=1S/C21H19NO3/c1-14-7-9-15(10-8-14)12-22-13-17(23)11-18(22)20(24)19(21(22)25)16-5-3-2-4-6-16/h2-10,18H,11-13H2,1H3/p+1/t18-,22-/m1/s1. The minimum Gasteiger partial charge on any atom is -0.467 e. The van der Waals surface area contributed by atoms with Crippen LogP contribution in [0.2, 0.25) is 0 Å². The highest BCUT2D eigenvalue weighted by atomic mass is 16.3. The number of rotatable bonds is 3. The van der Waals surface area contributed by atoms with Crippen molar-refractivity contribution in [1.29, 1.82) is 0 Å². The number of carbonyl (C=O) groups is 2. The lowest BCUT2D eigenvalue weighted by Crippen LogP contribution is -2.49. The van der Waals surface area contributed by atoms with Crippen molar-refractivity contribution in [1.82, 2.24) is 0 Å². The van der Waals surface area contributed by atoms with Gasteiger partial charge in [-0.15, -0.1) is 0 Å². The summed E-state index contributed by atoms with van der Waals surface area (Å²) in [5.74, 6) is -0.0570. The van der Waals surface area contributed by atoms with Crippen molar-refractivity contribution < 1.29 is 19.2 Å². The molecule has 0 aromatic heterocycles. The number of aliphatic hydroxyl groups is 1. The highest BCUT2D eigenvalue weighted by Gasteiger charge is 2.60. The van der Waals surface area contributed by atoms with Gasteiger partial charge in [-0.25, -0.2) is 4.48 Å². The molecule has 1 saturated heterocycles. The van der Waals surface area contributed by atoms with Crippen molar-refractivity contribution >= 4 is 17.1 Å². The molecule has 2 atom stereocenters. The molecule has 4 rings (SSSR count). The molecule has 4 nitrogen and oxygen atoms in total.